The Morgan fingerprint density at radius 2 is 2.05 bits per heavy atom. The van der Waals surface area contributed by atoms with Gasteiger partial charge in [-0.1, -0.05) is 0 Å². The molecule has 0 bridgehead atoms. The number of rotatable bonds is 4. The summed E-state index contributed by atoms with van der Waals surface area (Å²) in [5, 5.41) is 8.92. The van der Waals surface area contributed by atoms with E-state index in [1.54, 1.807) is 0 Å². The largest absolute Gasteiger partial charge is 0.478 e. The van der Waals surface area contributed by atoms with E-state index in [1.165, 1.54) is 18.5 Å². The van der Waals surface area contributed by atoms with Crippen molar-refractivity contribution in [1.82, 2.24) is 4.98 Å². The van der Waals surface area contributed by atoms with Crippen molar-refractivity contribution in [3.8, 4) is 0 Å². The zero-order chi connectivity index (χ0) is 14.0. The summed E-state index contributed by atoms with van der Waals surface area (Å²) >= 11 is 0. The van der Waals surface area contributed by atoms with Crippen LogP contribution in [0.25, 0.3) is 0 Å². The first-order valence-corrected chi connectivity index (χ1v) is 6.57. The Bertz CT molecular complexity index is 710. The van der Waals surface area contributed by atoms with E-state index in [4.69, 9.17) is 5.11 Å². The van der Waals surface area contributed by atoms with Crippen LogP contribution in [0.3, 0.4) is 0 Å². The van der Waals surface area contributed by atoms with Crippen LogP contribution in [0.4, 0.5) is 10.1 Å². The van der Waals surface area contributed by atoms with E-state index in [0.717, 1.165) is 18.2 Å². The van der Waals surface area contributed by atoms with Gasteiger partial charge in [0.1, 0.15) is 10.7 Å². The fraction of sp³-hybridized carbons (Fsp3) is 0. The molecule has 0 aliphatic rings. The van der Waals surface area contributed by atoms with E-state index in [0.29, 0.717) is 0 Å². The van der Waals surface area contributed by atoms with E-state index in [-0.39, 0.29) is 16.1 Å². The second-order valence-electron chi connectivity index (χ2n) is 3.65. The van der Waals surface area contributed by atoms with Crippen LogP contribution in [0.5, 0.6) is 0 Å². The molecule has 2 aromatic rings. The van der Waals surface area contributed by atoms with Crippen LogP contribution in [0, 0.1) is 5.82 Å². The van der Waals surface area contributed by atoms with Crippen LogP contribution in [-0.4, -0.2) is 24.5 Å². The van der Waals surface area contributed by atoms with Crippen molar-refractivity contribution < 1.29 is 22.7 Å². The molecule has 0 fully saturated rings. The number of carboxylic acids is 1. The lowest BCUT2D eigenvalue weighted by Gasteiger charge is -2.09. The Balaban J connectivity index is 2.44. The third kappa shape index (κ3) is 2.74. The average molecular weight is 284 g/mol. The van der Waals surface area contributed by atoms with Gasteiger partial charge in [-0.3, -0.25) is 4.72 Å². The summed E-state index contributed by atoms with van der Waals surface area (Å²) in [6.07, 6.45) is 2.63. The van der Waals surface area contributed by atoms with Crippen LogP contribution >= 0.6 is 0 Å². The van der Waals surface area contributed by atoms with E-state index < -0.39 is 21.8 Å². The summed E-state index contributed by atoms with van der Waals surface area (Å²) in [6, 6.07) is 4.04. The predicted octanol–water partition coefficient (Wildman–Crippen LogP) is 1.65. The number of benzene rings is 1. The standard InChI is InChI=1S/C11H9FN2O4S/c12-7-1-2-9(11(15)16)10(5-7)14-19(17,18)8-3-4-13-6-8/h1-6,13-14H,(H,15,16). The highest BCUT2D eigenvalue weighted by Crippen LogP contribution is 2.21. The molecule has 0 atom stereocenters. The van der Waals surface area contributed by atoms with Gasteiger partial charge in [-0.2, -0.15) is 0 Å². The molecule has 0 saturated carbocycles. The number of carbonyl (C=O) groups is 1. The first-order valence-electron chi connectivity index (χ1n) is 5.08. The second-order valence-corrected chi connectivity index (χ2v) is 5.33. The Labute approximate surface area is 107 Å². The highest BCUT2D eigenvalue weighted by atomic mass is 32.2. The lowest BCUT2D eigenvalue weighted by molar-refractivity contribution is 0.0698. The molecule has 0 saturated heterocycles. The number of carboxylic acid groups (broad SMARTS) is 1. The molecule has 1 aromatic heterocycles. The number of nitrogens with one attached hydrogen (secondary N) is 2. The molecule has 0 unspecified atom stereocenters. The molecule has 100 valence electrons. The molecule has 2 rings (SSSR count). The number of hydrogen-bond acceptors (Lipinski definition) is 3. The highest BCUT2D eigenvalue weighted by molar-refractivity contribution is 7.92. The van der Waals surface area contributed by atoms with Crippen molar-refractivity contribution in [3.63, 3.8) is 0 Å². The Hall–Kier alpha value is -2.35. The number of aromatic amines is 1. The summed E-state index contributed by atoms with van der Waals surface area (Å²) in [6.45, 7) is 0. The lowest BCUT2D eigenvalue weighted by Crippen LogP contribution is -2.15. The first-order chi connectivity index (χ1) is 8.90. The number of halogens is 1. The summed E-state index contributed by atoms with van der Waals surface area (Å²) in [5.41, 5.74) is -0.658. The molecule has 6 nitrogen and oxygen atoms in total. The van der Waals surface area contributed by atoms with E-state index in [9.17, 15) is 17.6 Å². The van der Waals surface area contributed by atoms with Gasteiger partial charge < -0.3 is 10.1 Å². The van der Waals surface area contributed by atoms with Gasteiger partial charge in [-0.15, -0.1) is 0 Å². The molecule has 0 radical (unpaired) electrons. The molecular formula is C11H9FN2O4S. The quantitative estimate of drug-likeness (QED) is 0.794. The second kappa shape index (κ2) is 4.73. The monoisotopic (exact) mass is 284 g/mol. The minimum atomic E-state index is -3.95. The van der Waals surface area contributed by atoms with Gasteiger partial charge >= 0.3 is 5.97 Å². The predicted molar refractivity (Wildman–Crippen MR) is 65.0 cm³/mol. The normalized spacial score (nSPS) is 11.2. The molecule has 0 aliphatic heterocycles. The number of sulfonamides is 1. The average Bonchev–Trinajstić information content (AvgIpc) is 2.81. The van der Waals surface area contributed by atoms with Crippen molar-refractivity contribution in [2.45, 2.75) is 4.90 Å². The Morgan fingerprint density at radius 3 is 2.63 bits per heavy atom. The summed E-state index contributed by atoms with van der Waals surface area (Å²) in [5.74, 6) is -2.09. The SMILES string of the molecule is O=C(O)c1ccc(F)cc1NS(=O)(=O)c1cc[nH]c1. The van der Waals surface area contributed by atoms with Gasteiger partial charge in [0.05, 0.1) is 11.3 Å². The van der Waals surface area contributed by atoms with Gasteiger partial charge in [0.15, 0.2) is 0 Å². The minimum absolute atomic E-state index is 0.0758. The van der Waals surface area contributed by atoms with Crippen molar-refractivity contribution in [2.75, 3.05) is 4.72 Å². The van der Waals surface area contributed by atoms with Crippen molar-refractivity contribution in [3.05, 3.63) is 48.0 Å². The number of aromatic carboxylic acids is 1. The minimum Gasteiger partial charge on any atom is -0.478 e. The van der Waals surface area contributed by atoms with Crippen LogP contribution in [0.2, 0.25) is 0 Å². The maximum Gasteiger partial charge on any atom is 0.337 e. The molecule has 1 aromatic carbocycles. The molecule has 1 heterocycles. The maximum absolute atomic E-state index is 13.1. The van der Waals surface area contributed by atoms with Gasteiger partial charge in [0.2, 0.25) is 0 Å². The van der Waals surface area contributed by atoms with Crippen LogP contribution in [0.15, 0.2) is 41.6 Å². The number of H-pyrrole nitrogens is 1. The third-order valence-electron chi connectivity index (χ3n) is 2.34. The van der Waals surface area contributed by atoms with Gasteiger partial charge in [0, 0.05) is 12.4 Å². The molecule has 3 N–H and O–H groups in total. The van der Waals surface area contributed by atoms with Crippen LogP contribution in [0.1, 0.15) is 10.4 Å². The van der Waals surface area contributed by atoms with Crippen LogP contribution in [-0.2, 0) is 10.0 Å². The smallest absolute Gasteiger partial charge is 0.337 e. The Morgan fingerprint density at radius 1 is 1.32 bits per heavy atom. The van der Waals surface area contributed by atoms with Crippen molar-refractivity contribution in [1.29, 1.82) is 0 Å². The maximum atomic E-state index is 13.1. The van der Waals surface area contributed by atoms with E-state index >= 15 is 0 Å². The Kier molecular flexibility index (Phi) is 3.26. The molecular weight excluding hydrogens is 275 g/mol. The van der Waals surface area contributed by atoms with Crippen molar-refractivity contribution in [2.24, 2.45) is 0 Å². The first kappa shape index (κ1) is 13.1. The summed E-state index contributed by atoms with van der Waals surface area (Å²) in [7, 11) is -3.95. The number of anilines is 1. The lowest BCUT2D eigenvalue weighted by atomic mass is 10.2. The number of aromatic nitrogens is 1. The molecule has 0 spiro atoms. The summed E-state index contributed by atoms with van der Waals surface area (Å²) < 4.78 is 38.9. The highest BCUT2D eigenvalue weighted by Gasteiger charge is 2.19. The van der Waals surface area contributed by atoms with Gasteiger partial charge in [0.25, 0.3) is 10.0 Å². The topological polar surface area (TPSA) is 99.3 Å². The molecule has 8 heteroatoms. The van der Waals surface area contributed by atoms with E-state index in [1.807, 2.05) is 4.72 Å². The summed E-state index contributed by atoms with van der Waals surface area (Å²) in [4.78, 5) is 13.4. The zero-order valence-corrected chi connectivity index (χ0v) is 10.2. The zero-order valence-electron chi connectivity index (χ0n) is 9.42. The fourth-order valence-corrected chi connectivity index (χ4v) is 2.51. The number of hydrogen-bond donors (Lipinski definition) is 3. The fourth-order valence-electron chi connectivity index (χ4n) is 1.47. The van der Waals surface area contributed by atoms with Crippen molar-refractivity contribution >= 4 is 21.7 Å². The molecule has 19 heavy (non-hydrogen) atoms. The van der Waals surface area contributed by atoms with Gasteiger partial charge in [-0.25, -0.2) is 17.6 Å². The molecule has 0 amide bonds. The third-order valence-corrected chi connectivity index (χ3v) is 3.70. The van der Waals surface area contributed by atoms with Gasteiger partial charge in [-0.05, 0) is 24.3 Å². The molecule has 0 aliphatic carbocycles. The van der Waals surface area contributed by atoms with Crippen LogP contribution < -0.4 is 4.72 Å². The van der Waals surface area contributed by atoms with E-state index in [2.05, 4.69) is 4.98 Å².